The molecule has 0 amide bonds. The molecule has 1 aromatic rings. The van der Waals surface area contributed by atoms with Crippen molar-refractivity contribution in [1.29, 1.82) is 0 Å². The quantitative estimate of drug-likeness (QED) is 0.437. The van der Waals surface area contributed by atoms with Crippen LogP contribution in [0.5, 0.6) is 0 Å². The Labute approximate surface area is 178 Å². The molecule has 0 aromatic carbocycles. The van der Waals surface area contributed by atoms with E-state index in [1.807, 2.05) is 0 Å². The third kappa shape index (κ3) is 5.16. The first kappa shape index (κ1) is 23.8. The normalized spacial score (nSPS) is 33.8. The summed E-state index contributed by atoms with van der Waals surface area (Å²) in [5, 5.41) is 11.0. The summed E-state index contributed by atoms with van der Waals surface area (Å²) in [6, 6.07) is 1.11. The Bertz CT molecular complexity index is 971. The van der Waals surface area contributed by atoms with Crippen LogP contribution in [-0.2, 0) is 32.4 Å². The number of carbonyl (C=O) groups is 1. The van der Waals surface area contributed by atoms with Crippen molar-refractivity contribution in [3.8, 4) is 0 Å². The second-order valence-corrected chi connectivity index (χ2v) is 9.67. The summed E-state index contributed by atoms with van der Waals surface area (Å²) >= 11 is 0. The molecule has 3 heterocycles. The minimum atomic E-state index is -4.05. The maximum Gasteiger partial charge on any atom is 0.475 e. The lowest BCUT2D eigenvalue weighted by Gasteiger charge is -2.35. The van der Waals surface area contributed by atoms with Gasteiger partial charge >= 0.3 is 19.5 Å². The lowest BCUT2D eigenvalue weighted by molar-refractivity contribution is -0.152. The Morgan fingerprint density at radius 3 is 2.77 bits per heavy atom. The van der Waals surface area contributed by atoms with Gasteiger partial charge in [-0.25, -0.2) is 9.36 Å². The average molecular weight is 462 g/mol. The number of nitrogens with one attached hydrogen (secondary N) is 1. The molecule has 2 aliphatic rings. The highest BCUT2D eigenvalue weighted by Gasteiger charge is 2.60. The number of rotatable bonds is 7. The number of phosphoric acid groups is 1. The summed E-state index contributed by atoms with van der Waals surface area (Å²) in [6.45, 7) is 6.18. The Morgan fingerprint density at radius 1 is 1.42 bits per heavy atom. The van der Waals surface area contributed by atoms with E-state index >= 15 is 0 Å². The zero-order chi connectivity index (χ0) is 23.0. The Kier molecular flexibility index (Phi) is 6.90. The number of phosphoric ester groups is 1. The second-order valence-electron chi connectivity index (χ2n) is 8.05. The summed E-state index contributed by atoms with van der Waals surface area (Å²) in [4.78, 5) is 37.3. The molecule has 13 heteroatoms. The molecule has 0 bridgehead atoms. The van der Waals surface area contributed by atoms with Gasteiger partial charge in [-0.1, -0.05) is 6.92 Å². The van der Waals surface area contributed by atoms with Crippen molar-refractivity contribution in [3.05, 3.63) is 33.1 Å². The molecule has 2 aliphatic heterocycles. The third-order valence-electron chi connectivity index (χ3n) is 5.02. The molecule has 0 spiro atoms. The predicted molar refractivity (Wildman–Crippen MR) is 105 cm³/mol. The van der Waals surface area contributed by atoms with Crippen LogP contribution in [-0.4, -0.2) is 57.8 Å². The van der Waals surface area contributed by atoms with Gasteiger partial charge < -0.3 is 14.6 Å². The van der Waals surface area contributed by atoms with Crippen LogP contribution in [0, 0.1) is 5.92 Å². The van der Waals surface area contributed by atoms with Crippen LogP contribution < -0.4 is 11.2 Å². The summed E-state index contributed by atoms with van der Waals surface area (Å²) in [7, 11) is -4.05. The highest BCUT2D eigenvalue weighted by molar-refractivity contribution is 7.48. The molecule has 12 nitrogen and oxygen atoms in total. The number of H-pyrrole nitrogens is 1. The fourth-order valence-electron chi connectivity index (χ4n) is 3.36. The number of aromatic nitrogens is 2. The van der Waals surface area contributed by atoms with E-state index in [4.69, 9.17) is 23.0 Å². The first-order chi connectivity index (χ1) is 14.4. The fourth-order valence-corrected chi connectivity index (χ4v) is 4.84. The molecular weight excluding hydrogens is 435 g/mol. The fraction of sp³-hybridized carbons (Fsp3) is 0.722. The number of fused-ring (bicyclic) bond motifs is 1. The number of carbonyl (C=O) groups excluding carboxylic acids is 1. The number of hydrogen-bond acceptors (Lipinski definition) is 10. The van der Waals surface area contributed by atoms with E-state index in [1.54, 1.807) is 20.8 Å². The molecule has 1 unspecified atom stereocenters. The SMILES string of the molecule is CC(C)OC(=O)C(C)CCO[P@@]1(=O)OC[C@H]2O[C@@H](n3ccc(=O)[nH]c3=O)[C@](C)(O)[C@@H]2O1. The number of nitrogens with zero attached hydrogens (tertiary/aromatic N) is 1. The van der Waals surface area contributed by atoms with Gasteiger partial charge in [-0.05, 0) is 27.2 Å². The first-order valence-electron chi connectivity index (χ1n) is 9.90. The Hall–Kier alpha value is -1.82. The summed E-state index contributed by atoms with van der Waals surface area (Å²) in [6.07, 6.45) is -2.01. The molecule has 31 heavy (non-hydrogen) atoms. The third-order valence-corrected chi connectivity index (χ3v) is 6.46. The molecule has 6 atom stereocenters. The second kappa shape index (κ2) is 8.97. The van der Waals surface area contributed by atoms with Gasteiger partial charge in [-0.3, -0.25) is 32.7 Å². The smallest absolute Gasteiger partial charge is 0.463 e. The highest BCUT2D eigenvalue weighted by atomic mass is 31.2. The zero-order valence-electron chi connectivity index (χ0n) is 17.7. The topological polar surface area (TPSA) is 155 Å². The van der Waals surface area contributed by atoms with Crippen LogP contribution in [0.25, 0.3) is 0 Å². The van der Waals surface area contributed by atoms with Crippen molar-refractivity contribution in [2.45, 2.75) is 64.3 Å². The Morgan fingerprint density at radius 2 is 2.13 bits per heavy atom. The van der Waals surface area contributed by atoms with E-state index in [9.17, 15) is 24.1 Å². The van der Waals surface area contributed by atoms with Gasteiger partial charge in [0, 0.05) is 12.3 Å². The van der Waals surface area contributed by atoms with E-state index in [-0.39, 0.29) is 25.7 Å². The summed E-state index contributed by atoms with van der Waals surface area (Å²) in [5.41, 5.74) is -3.16. The Balaban J connectivity index is 1.65. The van der Waals surface area contributed by atoms with Gasteiger partial charge in [0.05, 0.1) is 25.2 Å². The number of esters is 1. The van der Waals surface area contributed by atoms with E-state index in [0.717, 1.165) is 10.6 Å². The lowest BCUT2D eigenvalue weighted by Crippen LogP contribution is -2.49. The number of ether oxygens (including phenoxy) is 2. The first-order valence-corrected chi connectivity index (χ1v) is 11.4. The van der Waals surface area contributed by atoms with Crippen molar-refractivity contribution >= 4 is 13.8 Å². The predicted octanol–water partition coefficient (Wildman–Crippen LogP) is 0.703. The maximum absolute atomic E-state index is 12.9. The van der Waals surface area contributed by atoms with Crippen LogP contribution in [0.1, 0.15) is 40.3 Å². The zero-order valence-corrected chi connectivity index (χ0v) is 18.6. The standard InChI is InChI=1S/C18H27N2O10P/c1-10(2)28-15(22)11(3)6-8-26-31(25)27-9-12-14(30-31)18(4,24)16(29-12)20-7-5-13(21)19-17(20)23/h5,7,10-12,14,16,24H,6,8-9H2,1-4H3,(H,19,21,23)/t11?,12-,14-,16-,18-,31+/m1/s1. The van der Waals surface area contributed by atoms with Crippen LogP contribution in [0.15, 0.2) is 21.9 Å². The average Bonchev–Trinajstić information content (AvgIpc) is 2.91. The van der Waals surface area contributed by atoms with Crippen LogP contribution >= 0.6 is 7.82 Å². The summed E-state index contributed by atoms with van der Waals surface area (Å²) < 4.78 is 40.7. The largest absolute Gasteiger partial charge is 0.475 e. The van der Waals surface area contributed by atoms with Crippen molar-refractivity contribution in [1.82, 2.24) is 9.55 Å². The van der Waals surface area contributed by atoms with Crippen LogP contribution in [0.2, 0.25) is 0 Å². The number of hydrogen-bond donors (Lipinski definition) is 2. The van der Waals surface area contributed by atoms with E-state index in [2.05, 4.69) is 4.98 Å². The molecule has 1 aromatic heterocycles. The molecule has 2 N–H and O–H groups in total. The maximum atomic E-state index is 12.9. The minimum absolute atomic E-state index is 0.102. The highest BCUT2D eigenvalue weighted by Crippen LogP contribution is 2.58. The van der Waals surface area contributed by atoms with Crippen LogP contribution in [0.4, 0.5) is 0 Å². The van der Waals surface area contributed by atoms with Gasteiger partial charge in [0.25, 0.3) is 5.56 Å². The van der Waals surface area contributed by atoms with E-state index < -0.39 is 55.0 Å². The van der Waals surface area contributed by atoms with Crippen molar-refractivity contribution in [3.63, 3.8) is 0 Å². The molecule has 2 saturated heterocycles. The van der Waals surface area contributed by atoms with Gasteiger partial charge in [-0.15, -0.1) is 0 Å². The van der Waals surface area contributed by atoms with Crippen molar-refractivity contribution in [2.24, 2.45) is 5.92 Å². The number of aromatic amines is 1. The molecular formula is C18H27N2O10P. The number of aliphatic hydroxyl groups is 1. The van der Waals surface area contributed by atoms with E-state index in [0.29, 0.717) is 0 Å². The molecule has 174 valence electrons. The molecule has 2 fully saturated rings. The van der Waals surface area contributed by atoms with Gasteiger partial charge in [0.15, 0.2) is 6.23 Å². The van der Waals surface area contributed by atoms with Crippen molar-refractivity contribution < 1.29 is 37.5 Å². The van der Waals surface area contributed by atoms with Gasteiger partial charge in [0.2, 0.25) is 0 Å². The van der Waals surface area contributed by atoms with Gasteiger partial charge in [-0.2, -0.15) is 0 Å². The molecule has 0 aliphatic carbocycles. The summed E-state index contributed by atoms with van der Waals surface area (Å²) in [5.74, 6) is -0.885. The van der Waals surface area contributed by atoms with Crippen LogP contribution in [0.3, 0.4) is 0 Å². The lowest BCUT2D eigenvalue weighted by atomic mass is 9.96. The molecule has 0 radical (unpaired) electrons. The molecule has 3 rings (SSSR count). The van der Waals surface area contributed by atoms with Crippen molar-refractivity contribution in [2.75, 3.05) is 13.2 Å². The molecule has 0 saturated carbocycles. The monoisotopic (exact) mass is 462 g/mol. The van der Waals surface area contributed by atoms with Gasteiger partial charge in [0.1, 0.15) is 17.8 Å². The van der Waals surface area contributed by atoms with E-state index in [1.165, 1.54) is 13.1 Å². The minimum Gasteiger partial charge on any atom is -0.463 e.